The van der Waals surface area contributed by atoms with Crippen LogP contribution < -0.4 is 26.0 Å². The summed E-state index contributed by atoms with van der Waals surface area (Å²) < 4.78 is 37.6. The number of nitrogens with one attached hydrogen (secondary N) is 4. The van der Waals surface area contributed by atoms with E-state index in [0.717, 1.165) is 27.4 Å². The first-order valence-corrected chi connectivity index (χ1v) is 26.5. The van der Waals surface area contributed by atoms with Gasteiger partial charge in [-0.05, 0) is 73.4 Å². The Bertz CT molecular complexity index is 2610. The summed E-state index contributed by atoms with van der Waals surface area (Å²) in [5.41, 5.74) is 3.90. The number of ether oxygens (including phenoxy) is 4. The number of rotatable bonds is 24. The summed E-state index contributed by atoms with van der Waals surface area (Å²) in [6, 6.07) is 16.2. The molecule has 0 spiro atoms. The first-order valence-electron chi connectivity index (χ1n) is 24.4. The van der Waals surface area contributed by atoms with Gasteiger partial charge >= 0.3 is 0 Å². The number of amides is 4. The van der Waals surface area contributed by atoms with E-state index < -0.39 is 46.6 Å². The Morgan fingerprint density at radius 3 is 2.36 bits per heavy atom. The minimum Gasteiger partial charge on any atom is -0.487 e. The van der Waals surface area contributed by atoms with Crippen LogP contribution in [0.5, 0.6) is 5.75 Å². The minimum atomic E-state index is -0.996. The van der Waals surface area contributed by atoms with Gasteiger partial charge in [-0.25, -0.2) is 19.3 Å². The average molecular weight is 1060 g/mol. The second-order valence-corrected chi connectivity index (χ2v) is 21.4. The van der Waals surface area contributed by atoms with Crippen LogP contribution in [0.25, 0.3) is 10.4 Å². The molecule has 2 fully saturated rings. The van der Waals surface area contributed by atoms with E-state index >= 15 is 0 Å². The highest BCUT2D eigenvalue weighted by Crippen LogP contribution is 2.41. The van der Waals surface area contributed by atoms with Gasteiger partial charge < -0.3 is 50.2 Å². The topological polar surface area (TPSA) is 215 Å². The standard InChI is InChI=1S/C52H64ClFN8O9S2/c1-33-45(73-32-58-33)35-13-11-34(12-14-35)29-57-47(65)40-27-37(63)30-62(40)48(66)46(51(2,3)4)61-43(64)31-70-25-24-69-23-22-68-21-19-55-49(67)52(28-36-7-5-10-42(59-36)60-50-56-20-26-72-50)17-15-38(16-18-52)71-41-9-6-8-39(53)44(41)54/h5-14,20,26,32,37-38,40,46,63H,15-19,21-25,27-31H2,1-4H3,(H,55,67)(H,57,65)(H,61,64)(H,56,59,60)/t37-,38-,40+,46-,52-/m1/s1. The van der Waals surface area contributed by atoms with Crippen molar-refractivity contribution in [1.82, 2.24) is 35.8 Å². The van der Waals surface area contributed by atoms with E-state index in [0.29, 0.717) is 43.1 Å². The molecule has 2 aliphatic rings. The first-order chi connectivity index (χ1) is 35.1. The number of thiazole rings is 2. The van der Waals surface area contributed by atoms with E-state index in [1.807, 2.05) is 75.5 Å². The summed E-state index contributed by atoms with van der Waals surface area (Å²) in [5.74, 6) is -1.39. The molecule has 392 valence electrons. The molecule has 0 radical (unpaired) electrons. The second-order valence-electron chi connectivity index (χ2n) is 19.3. The Hall–Kier alpha value is -5.61. The minimum absolute atomic E-state index is 0.0142. The van der Waals surface area contributed by atoms with Crippen molar-refractivity contribution < 1.29 is 47.6 Å². The van der Waals surface area contributed by atoms with Crippen LogP contribution in [0.1, 0.15) is 69.8 Å². The van der Waals surface area contributed by atoms with E-state index in [4.69, 9.17) is 35.5 Å². The largest absolute Gasteiger partial charge is 0.487 e. The van der Waals surface area contributed by atoms with Gasteiger partial charge in [0.1, 0.15) is 24.5 Å². The van der Waals surface area contributed by atoms with Crippen molar-refractivity contribution in [2.45, 2.75) is 97.1 Å². The summed E-state index contributed by atoms with van der Waals surface area (Å²) >= 11 is 9.01. The van der Waals surface area contributed by atoms with Crippen molar-refractivity contribution in [2.24, 2.45) is 10.8 Å². The van der Waals surface area contributed by atoms with Crippen LogP contribution in [0.2, 0.25) is 5.02 Å². The molecule has 21 heteroatoms. The van der Waals surface area contributed by atoms with Crippen LogP contribution in [0.3, 0.4) is 0 Å². The van der Waals surface area contributed by atoms with Crippen molar-refractivity contribution in [2.75, 3.05) is 58.0 Å². The van der Waals surface area contributed by atoms with Crippen LogP contribution in [-0.2, 0) is 46.4 Å². The van der Waals surface area contributed by atoms with Crippen molar-refractivity contribution in [1.29, 1.82) is 0 Å². The van der Waals surface area contributed by atoms with Gasteiger partial charge in [0.05, 0.1) is 71.8 Å². The number of carbonyl (C=O) groups is 4. The Labute approximate surface area is 437 Å². The molecule has 3 aromatic heterocycles. The van der Waals surface area contributed by atoms with Crippen LogP contribution in [0, 0.1) is 23.6 Å². The molecule has 3 atom stereocenters. The molecule has 17 nitrogen and oxygen atoms in total. The van der Waals surface area contributed by atoms with Gasteiger partial charge in [0.25, 0.3) is 0 Å². The van der Waals surface area contributed by atoms with Crippen LogP contribution in [0.4, 0.5) is 15.3 Å². The molecular weight excluding hydrogens is 999 g/mol. The lowest BCUT2D eigenvalue weighted by Crippen LogP contribution is -2.58. The molecule has 2 aromatic carbocycles. The molecule has 5 aromatic rings. The number of aromatic nitrogens is 3. The first kappa shape index (κ1) is 55.1. The highest BCUT2D eigenvalue weighted by Gasteiger charge is 2.45. The highest BCUT2D eigenvalue weighted by molar-refractivity contribution is 7.13. The number of hydrogen-bond donors (Lipinski definition) is 5. The summed E-state index contributed by atoms with van der Waals surface area (Å²) in [6.45, 7) is 8.57. The highest BCUT2D eigenvalue weighted by atomic mass is 35.5. The lowest BCUT2D eigenvalue weighted by Gasteiger charge is -2.39. The molecule has 7 rings (SSSR count). The van der Waals surface area contributed by atoms with E-state index in [9.17, 15) is 28.7 Å². The maximum Gasteiger partial charge on any atom is 0.246 e. The molecular formula is C52H64ClFN8O9S2. The summed E-state index contributed by atoms with van der Waals surface area (Å²) in [4.78, 5) is 70.4. The van der Waals surface area contributed by atoms with Crippen LogP contribution in [-0.4, -0.2) is 126 Å². The zero-order valence-electron chi connectivity index (χ0n) is 41.5. The van der Waals surface area contributed by atoms with Gasteiger partial charge in [-0.15, -0.1) is 22.7 Å². The Morgan fingerprint density at radius 2 is 1.66 bits per heavy atom. The molecule has 1 aliphatic carbocycles. The molecule has 5 N–H and O–H groups in total. The number of anilines is 2. The maximum absolute atomic E-state index is 14.7. The third-order valence-corrected chi connectivity index (χ3v) is 14.8. The molecule has 4 amide bonds. The van der Waals surface area contributed by atoms with E-state index in [2.05, 4.69) is 31.2 Å². The monoisotopic (exact) mass is 1060 g/mol. The van der Waals surface area contributed by atoms with E-state index in [1.165, 1.54) is 22.3 Å². The fraction of sp³-hybridized carbons (Fsp3) is 0.481. The molecule has 4 heterocycles. The Kier molecular flexibility index (Phi) is 19.7. The number of aliphatic hydroxyl groups is 1. The van der Waals surface area contributed by atoms with Gasteiger partial charge in [-0.2, -0.15) is 0 Å². The number of benzene rings is 2. The number of likely N-dealkylation sites (tertiary alicyclic amines) is 1. The molecule has 1 saturated heterocycles. The Morgan fingerprint density at radius 1 is 0.932 bits per heavy atom. The van der Waals surface area contributed by atoms with E-state index in [-0.39, 0.29) is 94.4 Å². The predicted octanol–water partition coefficient (Wildman–Crippen LogP) is 7.03. The second kappa shape index (κ2) is 26.0. The average Bonchev–Trinajstić information content (AvgIpc) is 4.15. The van der Waals surface area contributed by atoms with Crippen molar-refractivity contribution in [3.63, 3.8) is 0 Å². The number of carbonyl (C=O) groups excluding carboxylic acids is 4. The number of aliphatic hydroxyl groups excluding tert-OH is 1. The summed E-state index contributed by atoms with van der Waals surface area (Å²) in [6.07, 6.45) is 3.00. The maximum atomic E-state index is 14.7. The van der Waals surface area contributed by atoms with Gasteiger partial charge in [0, 0.05) is 49.7 Å². The zero-order valence-corrected chi connectivity index (χ0v) is 43.9. The van der Waals surface area contributed by atoms with Gasteiger partial charge in [-0.1, -0.05) is 68.8 Å². The van der Waals surface area contributed by atoms with Gasteiger partial charge in [0.15, 0.2) is 16.7 Å². The number of pyridine rings is 1. The van der Waals surface area contributed by atoms with Crippen LogP contribution in [0.15, 0.2) is 77.8 Å². The number of aryl methyl sites for hydroxylation is 1. The quantitative estimate of drug-likeness (QED) is 0.0393. The number of halogens is 2. The summed E-state index contributed by atoms with van der Waals surface area (Å²) in [5, 5.41) is 25.1. The SMILES string of the molecule is Cc1ncsc1-c1ccc(CNC(=O)[C@@H]2C[C@@H](O)CN2C(=O)[C@@H](NC(=O)COCCOCCOCCNC(=O)[C@]2(Cc3cccc(Nc4nccs4)n3)CC[C@@H](Oc3cccc(Cl)c3F)CC2)C(C)(C)C)cc1. The normalized spacial score (nSPS) is 19.3. The molecule has 73 heavy (non-hydrogen) atoms. The van der Waals surface area contributed by atoms with Gasteiger partial charge in [-0.3, -0.25) is 19.2 Å². The van der Waals surface area contributed by atoms with Crippen LogP contribution >= 0.6 is 34.3 Å². The number of nitrogens with zero attached hydrogens (tertiary/aromatic N) is 4. The molecule has 1 saturated carbocycles. The third-order valence-electron chi connectivity index (χ3n) is 12.8. The van der Waals surface area contributed by atoms with Crippen molar-refractivity contribution in [3.05, 3.63) is 106 Å². The lowest BCUT2D eigenvalue weighted by molar-refractivity contribution is -0.144. The predicted molar refractivity (Wildman–Crippen MR) is 277 cm³/mol. The number of hydrogen-bond acceptors (Lipinski definition) is 15. The summed E-state index contributed by atoms with van der Waals surface area (Å²) in [7, 11) is 0. The zero-order chi connectivity index (χ0) is 52.0. The molecule has 1 aliphatic heterocycles. The fourth-order valence-corrected chi connectivity index (χ4v) is 10.4. The lowest BCUT2D eigenvalue weighted by atomic mass is 9.69. The van der Waals surface area contributed by atoms with Gasteiger partial charge in [0.2, 0.25) is 23.6 Å². The molecule has 0 unspecified atom stereocenters. The van der Waals surface area contributed by atoms with Crippen molar-refractivity contribution in [3.8, 4) is 16.2 Å². The number of β-amino-alcohol motifs (C(OH)–C–C–N with tert-alkyl or cyclic N) is 1. The van der Waals surface area contributed by atoms with E-state index in [1.54, 1.807) is 35.2 Å². The Balaban J connectivity index is 0.801. The smallest absolute Gasteiger partial charge is 0.246 e. The third kappa shape index (κ3) is 15.5. The van der Waals surface area contributed by atoms with Crippen molar-refractivity contribution >= 4 is 68.9 Å². The fourth-order valence-electron chi connectivity index (χ4n) is 8.90. The molecule has 0 bridgehead atoms.